The summed E-state index contributed by atoms with van der Waals surface area (Å²) in [5.41, 5.74) is 4.33. The SMILES string of the molecule is Cc1ccccc1NC(=S)N1CCn2cccc2C1c1ccc(Cl)cc1Cl. The summed E-state index contributed by atoms with van der Waals surface area (Å²) in [5.74, 6) is 0. The molecule has 3 nitrogen and oxygen atoms in total. The number of anilines is 1. The Kier molecular flexibility index (Phi) is 5.13. The summed E-state index contributed by atoms with van der Waals surface area (Å²) in [4.78, 5) is 2.20. The highest BCUT2D eigenvalue weighted by Gasteiger charge is 2.32. The maximum absolute atomic E-state index is 6.57. The monoisotopic (exact) mass is 415 g/mol. The highest BCUT2D eigenvalue weighted by atomic mass is 35.5. The summed E-state index contributed by atoms with van der Waals surface area (Å²) in [5, 5.41) is 5.37. The number of fused-ring (bicyclic) bond motifs is 1. The van der Waals surface area contributed by atoms with Gasteiger partial charge in [-0.25, -0.2) is 0 Å². The summed E-state index contributed by atoms with van der Waals surface area (Å²) in [6.45, 7) is 3.74. The molecule has 1 N–H and O–H groups in total. The fourth-order valence-corrected chi connectivity index (χ4v) is 4.37. The van der Waals surface area contributed by atoms with Gasteiger partial charge in [0.2, 0.25) is 0 Å². The summed E-state index contributed by atoms with van der Waals surface area (Å²) in [6.07, 6.45) is 2.10. The van der Waals surface area contributed by atoms with Crippen molar-refractivity contribution in [1.29, 1.82) is 0 Å². The van der Waals surface area contributed by atoms with E-state index in [1.807, 2.05) is 30.3 Å². The first-order valence-corrected chi connectivity index (χ1v) is 9.94. The van der Waals surface area contributed by atoms with Gasteiger partial charge in [0.05, 0.1) is 6.04 Å². The molecule has 3 aromatic rings. The molecule has 0 saturated heterocycles. The van der Waals surface area contributed by atoms with E-state index in [9.17, 15) is 0 Å². The lowest BCUT2D eigenvalue weighted by Gasteiger charge is -2.39. The Labute approximate surface area is 174 Å². The van der Waals surface area contributed by atoms with Crippen molar-refractivity contribution in [3.05, 3.63) is 87.7 Å². The van der Waals surface area contributed by atoms with Crippen LogP contribution in [0.15, 0.2) is 60.8 Å². The van der Waals surface area contributed by atoms with E-state index in [4.69, 9.17) is 35.4 Å². The molecule has 1 aliphatic rings. The van der Waals surface area contributed by atoms with Crippen molar-refractivity contribution >= 4 is 46.2 Å². The molecule has 2 heterocycles. The Morgan fingerprint density at radius 2 is 1.89 bits per heavy atom. The second-order valence-corrected chi connectivity index (χ2v) is 7.86. The van der Waals surface area contributed by atoms with Crippen LogP contribution in [0.3, 0.4) is 0 Å². The highest BCUT2D eigenvalue weighted by Crippen LogP contribution is 2.37. The van der Waals surface area contributed by atoms with Crippen LogP contribution in [0.4, 0.5) is 5.69 Å². The molecule has 0 radical (unpaired) electrons. The van der Waals surface area contributed by atoms with E-state index in [0.29, 0.717) is 15.2 Å². The molecule has 27 heavy (non-hydrogen) atoms. The second kappa shape index (κ2) is 7.55. The quantitative estimate of drug-likeness (QED) is 0.525. The van der Waals surface area contributed by atoms with Gasteiger partial charge in [-0.1, -0.05) is 47.5 Å². The van der Waals surface area contributed by atoms with E-state index >= 15 is 0 Å². The van der Waals surface area contributed by atoms with Crippen LogP contribution in [0.1, 0.15) is 22.9 Å². The van der Waals surface area contributed by atoms with Crippen LogP contribution in [-0.2, 0) is 6.54 Å². The third kappa shape index (κ3) is 3.57. The zero-order valence-corrected chi connectivity index (χ0v) is 17.2. The molecule has 6 heteroatoms. The van der Waals surface area contributed by atoms with E-state index in [2.05, 4.69) is 46.1 Å². The molecular weight excluding hydrogens is 397 g/mol. The van der Waals surface area contributed by atoms with Crippen molar-refractivity contribution < 1.29 is 0 Å². The predicted molar refractivity (Wildman–Crippen MR) is 117 cm³/mol. The van der Waals surface area contributed by atoms with Crippen molar-refractivity contribution in [2.24, 2.45) is 0 Å². The van der Waals surface area contributed by atoms with Crippen LogP contribution >= 0.6 is 35.4 Å². The average molecular weight is 416 g/mol. The minimum atomic E-state index is -0.0671. The van der Waals surface area contributed by atoms with Crippen LogP contribution in [0.25, 0.3) is 0 Å². The van der Waals surface area contributed by atoms with Crippen molar-refractivity contribution in [3.63, 3.8) is 0 Å². The summed E-state index contributed by atoms with van der Waals surface area (Å²) in [7, 11) is 0. The lowest BCUT2D eigenvalue weighted by atomic mass is 10.00. The number of aryl methyl sites for hydroxylation is 1. The number of thiocarbonyl (C=S) groups is 1. The number of nitrogens with one attached hydrogen (secondary N) is 1. The molecule has 0 fully saturated rings. The van der Waals surface area contributed by atoms with Crippen molar-refractivity contribution in [3.8, 4) is 0 Å². The van der Waals surface area contributed by atoms with Crippen LogP contribution in [0, 0.1) is 6.92 Å². The van der Waals surface area contributed by atoms with E-state index in [1.54, 1.807) is 6.07 Å². The molecule has 4 rings (SSSR count). The minimum Gasteiger partial charge on any atom is -0.348 e. The number of hydrogen-bond donors (Lipinski definition) is 1. The van der Waals surface area contributed by atoms with Gasteiger partial charge in [0.25, 0.3) is 0 Å². The zero-order chi connectivity index (χ0) is 19.0. The number of benzene rings is 2. The number of hydrogen-bond acceptors (Lipinski definition) is 1. The maximum Gasteiger partial charge on any atom is 0.174 e. The molecule has 1 unspecified atom stereocenters. The Balaban J connectivity index is 1.72. The van der Waals surface area contributed by atoms with Crippen LogP contribution in [-0.4, -0.2) is 21.1 Å². The van der Waals surface area contributed by atoms with Gasteiger partial charge in [-0.15, -0.1) is 0 Å². The molecule has 1 aliphatic heterocycles. The van der Waals surface area contributed by atoms with Gasteiger partial charge in [-0.3, -0.25) is 0 Å². The van der Waals surface area contributed by atoms with Gasteiger partial charge in [0.15, 0.2) is 5.11 Å². The molecule has 2 aromatic carbocycles. The van der Waals surface area contributed by atoms with Crippen molar-refractivity contribution in [1.82, 2.24) is 9.47 Å². The first kappa shape index (κ1) is 18.4. The van der Waals surface area contributed by atoms with Crippen LogP contribution < -0.4 is 5.32 Å². The van der Waals surface area contributed by atoms with E-state index < -0.39 is 0 Å². The fourth-order valence-electron chi connectivity index (χ4n) is 3.55. The number of aromatic nitrogens is 1. The van der Waals surface area contributed by atoms with Crippen LogP contribution in [0.5, 0.6) is 0 Å². The molecule has 0 bridgehead atoms. The largest absolute Gasteiger partial charge is 0.348 e. The molecule has 1 aromatic heterocycles. The highest BCUT2D eigenvalue weighted by molar-refractivity contribution is 7.80. The minimum absolute atomic E-state index is 0.0671. The number of halogens is 2. The predicted octanol–water partition coefficient (Wildman–Crippen LogP) is 5.91. The van der Waals surface area contributed by atoms with Gasteiger partial charge < -0.3 is 14.8 Å². The topological polar surface area (TPSA) is 20.2 Å². The third-order valence-corrected chi connectivity index (χ3v) is 5.84. The van der Waals surface area contributed by atoms with Gasteiger partial charge in [-0.05, 0) is 60.6 Å². The molecule has 1 atom stereocenters. The smallest absolute Gasteiger partial charge is 0.174 e. The molecular formula is C21H19Cl2N3S. The summed E-state index contributed by atoms with van der Waals surface area (Å²) < 4.78 is 2.25. The van der Waals surface area contributed by atoms with Crippen LogP contribution in [0.2, 0.25) is 10.0 Å². The van der Waals surface area contributed by atoms with Gasteiger partial charge >= 0.3 is 0 Å². The Hall–Kier alpha value is -2.01. The molecule has 0 saturated carbocycles. The molecule has 138 valence electrons. The zero-order valence-electron chi connectivity index (χ0n) is 14.8. The normalized spacial score (nSPS) is 16.1. The summed E-state index contributed by atoms with van der Waals surface area (Å²) >= 11 is 18.5. The molecule has 0 aliphatic carbocycles. The van der Waals surface area contributed by atoms with E-state index in [0.717, 1.165) is 29.9 Å². The van der Waals surface area contributed by atoms with Crippen molar-refractivity contribution in [2.45, 2.75) is 19.5 Å². The molecule has 0 amide bonds. The first-order chi connectivity index (χ1) is 13.0. The van der Waals surface area contributed by atoms with Gasteiger partial charge in [0, 0.05) is 40.7 Å². The van der Waals surface area contributed by atoms with E-state index in [1.165, 1.54) is 5.69 Å². The summed E-state index contributed by atoms with van der Waals surface area (Å²) in [6, 6.07) is 17.9. The fraction of sp³-hybridized carbons (Fsp3) is 0.190. The lowest BCUT2D eigenvalue weighted by Crippen LogP contribution is -2.44. The third-order valence-electron chi connectivity index (χ3n) is 4.94. The Bertz CT molecular complexity index is 999. The molecule has 0 spiro atoms. The number of nitrogens with zero attached hydrogens (tertiary/aromatic N) is 2. The Morgan fingerprint density at radius 3 is 2.67 bits per heavy atom. The first-order valence-electron chi connectivity index (χ1n) is 8.78. The lowest BCUT2D eigenvalue weighted by molar-refractivity contribution is 0.293. The van der Waals surface area contributed by atoms with Gasteiger partial charge in [0.1, 0.15) is 0 Å². The maximum atomic E-state index is 6.57. The number of para-hydroxylation sites is 1. The van der Waals surface area contributed by atoms with Gasteiger partial charge in [-0.2, -0.15) is 0 Å². The average Bonchev–Trinajstić information content (AvgIpc) is 3.12. The van der Waals surface area contributed by atoms with Crippen molar-refractivity contribution in [2.75, 3.05) is 11.9 Å². The Morgan fingerprint density at radius 1 is 1.07 bits per heavy atom. The standard InChI is InChI=1S/C21H19Cl2N3S/c1-14-5-2-3-6-18(14)24-21(27)26-12-11-25-10-4-7-19(25)20(26)16-9-8-15(22)13-17(16)23/h2-10,13,20H,11-12H2,1H3,(H,24,27). The number of rotatable bonds is 2. The van der Waals surface area contributed by atoms with E-state index in [-0.39, 0.29) is 6.04 Å². The second-order valence-electron chi connectivity index (χ2n) is 6.63.